The Balaban J connectivity index is 0.000000259. The molecule has 0 fully saturated rings. The van der Waals surface area contributed by atoms with Crippen LogP contribution in [-0.4, -0.2) is 29.8 Å². The zero-order valence-corrected chi connectivity index (χ0v) is 25.3. The Morgan fingerprint density at radius 1 is 0.526 bits per heavy atom. The number of rotatable bonds is 0. The van der Waals surface area contributed by atoms with Crippen molar-refractivity contribution >= 4 is 0 Å². The summed E-state index contributed by atoms with van der Waals surface area (Å²) >= 11 is 0. The molecule has 2 aliphatic heterocycles. The zero-order valence-electron chi connectivity index (χ0n) is 25.3. The molecule has 5 nitrogen and oxygen atoms in total. The van der Waals surface area contributed by atoms with E-state index in [1.807, 2.05) is 60.7 Å². The molecule has 210 valence electrons. The summed E-state index contributed by atoms with van der Waals surface area (Å²) in [7, 11) is 0. The molecule has 1 aromatic carbocycles. The molecule has 1 aliphatic carbocycles. The molecule has 5 heteroatoms. The molecule has 0 saturated heterocycles. The third-order valence-electron chi connectivity index (χ3n) is 5.68. The SMILES string of the molecule is CC.CC.CC.Cc1ccc2c(c1)CCC2.Cc1cnc2c(c1)CCCO2.Cc1cnc2c(c1)OCCO2. The van der Waals surface area contributed by atoms with Gasteiger partial charge in [0.05, 0.1) is 6.61 Å². The second kappa shape index (κ2) is 19.1. The van der Waals surface area contributed by atoms with Crippen molar-refractivity contribution in [1.29, 1.82) is 0 Å². The first kappa shape index (κ1) is 32.9. The third-order valence-corrected chi connectivity index (χ3v) is 5.68. The van der Waals surface area contributed by atoms with E-state index in [0.717, 1.165) is 36.6 Å². The van der Waals surface area contributed by atoms with Gasteiger partial charge in [0.2, 0.25) is 5.88 Å². The van der Waals surface area contributed by atoms with Crippen LogP contribution in [0, 0.1) is 20.8 Å². The Labute approximate surface area is 232 Å². The number of fused-ring (bicyclic) bond motifs is 3. The number of benzene rings is 1. The Hall–Kier alpha value is -3.08. The summed E-state index contributed by atoms with van der Waals surface area (Å²) in [6, 6.07) is 10.9. The highest BCUT2D eigenvalue weighted by molar-refractivity contribution is 5.37. The highest BCUT2D eigenvalue weighted by atomic mass is 16.6. The van der Waals surface area contributed by atoms with Gasteiger partial charge in [0.25, 0.3) is 5.88 Å². The van der Waals surface area contributed by atoms with E-state index in [-0.39, 0.29) is 0 Å². The molecule has 6 rings (SSSR count). The first-order chi connectivity index (χ1) is 18.6. The minimum Gasteiger partial charge on any atom is -0.484 e. The maximum atomic E-state index is 5.37. The maximum Gasteiger partial charge on any atom is 0.257 e. The van der Waals surface area contributed by atoms with Crippen LogP contribution in [0.3, 0.4) is 0 Å². The number of hydrogen-bond donors (Lipinski definition) is 0. The van der Waals surface area contributed by atoms with Crippen LogP contribution in [0.1, 0.15) is 87.8 Å². The Morgan fingerprint density at radius 2 is 1.08 bits per heavy atom. The minimum absolute atomic E-state index is 0.600. The summed E-state index contributed by atoms with van der Waals surface area (Å²) in [6.07, 6.45) is 9.82. The largest absolute Gasteiger partial charge is 0.484 e. The Kier molecular flexibility index (Phi) is 16.5. The number of hydrogen-bond acceptors (Lipinski definition) is 5. The number of aromatic nitrogens is 2. The van der Waals surface area contributed by atoms with Gasteiger partial charge in [-0.05, 0) is 87.3 Å². The lowest BCUT2D eigenvalue weighted by atomic mass is 10.1. The smallest absolute Gasteiger partial charge is 0.257 e. The monoisotopic (exact) mass is 522 g/mol. The standard InChI is InChI=1S/C10H12.C9H11NO.C8H9NO2.3C2H6/c1-8-5-6-9-3-2-4-10(9)7-8;1-7-5-8-3-2-4-11-9(8)10-6-7;1-6-4-7-8(9-5-6)11-3-2-10-7;3*1-2/h5-7H,2-4H2,1H3;5-6H,2-4H2,1H3;4-5H,2-3H2,1H3;3*1-2H3. The van der Waals surface area contributed by atoms with Crippen molar-refractivity contribution < 1.29 is 14.2 Å². The molecule has 0 amide bonds. The molecule has 2 aromatic heterocycles. The topological polar surface area (TPSA) is 53.5 Å². The molecular formula is C33H50N2O3. The van der Waals surface area contributed by atoms with Crippen LogP contribution >= 0.6 is 0 Å². The second-order valence-corrected chi connectivity index (χ2v) is 8.57. The number of pyridine rings is 2. The lowest BCUT2D eigenvalue weighted by Gasteiger charge is -2.16. The molecule has 0 radical (unpaired) electrons. The fraction of sp³-hybridized carbons (Fsp3) is 0.515. The van der Waals surface area contributed by atoms with Gasteiger partial charge in [-0.15, -0.1) is 0 Å². The van der Waals surface area contributed by atoms with Crippen molar-refractivity contribution in [2.24, 2.45) is 0 Å². The predicted octanol–water partition coefficient (Wildman–Crippen LogP) is 8.44. The summed E-state index contributed by atoms with van der Waals surface area (Å²) in [5, 5.41) is 0. The Bertz CT molecular complexity index is 1010. The van der Waals surface area contributed by atoms with Crippen molar-refractivity contribution in [2.45, 2.75) is 94.4 Å². The maximum absolute atomic E-state index is 5.37. The van der Waals surface area contributed by atoms with Gasteiger partial charge < -0.3 is 14.2 Å². The molecule has 3 aliphatic rings. The molecule has 0 spiro atoms. The van der Waals surface area contributed by atoms with Gasteiger partial charge >= 0.3 is 0 Å². The lowest BCUT2D eigenvalue weighted by Crippen LogP contribution is -2.16. The van der Waals surface area contributed by atoms with E-state index >= 15 is 0 Å². The minimum atomic E-state index is 0.600. The van der Waals surface area contributed by atoms with E-state index in [9.17, 15) is 0 Å². The van der Waals surface area contributed by atoms with Crippen LogP contribution in [0.5, 0.6) is 17.5 Å². The van der Waals surface area contributed by atoms with Crippen molar-refractivity contribution in [3.05, 3.63) is 76.1 Å². The first-order valence-electron chi connectivity index (χ1n) is 14.5. The van der Waals surface area contributed by atoms with Gasteiger partial charge in [-0.25, -0.2) is 9.97 Å². The second-order valence-electron chi connectivity index (χ2n) is 8.57. The molecule has 0 atom stereocenters. The highest BCUT2D eigenvalue weighted by Crippen LogP contribution is 2.27. The fourth-order valence-corrected chi connectivity index (χ4v) is 4.09. The first-order valence-corrected chi connectivity index (χ1v) is 14.5. The summed E-state index contributed by atoms with van der Waals surface area (Å²) in [5.41, 5.74) is 8.13. The van der Waals surface area contributed by atoms with Crippen molar-refractivity contribution in [1.82, 2.24) is 9.97 Å². The van der Waals surface area contributed by atoms with Crippen LogP contribution in [0.25, 0.3) is 0 Å². The van der Waals surface area contributed by atoms with Gasteiger partial charge in [0, 0.05) is 18.0 Å². The number of ether oxygens (including phenoxy) is 3. The van der Waals surface area contributed by atoms with E-state index in [2.05, 4.69) is 48.1 Å². The fourth-order valence-electron chi connectivity index (χ4n) is 4.09. The molecule has 38 heavy (non-hydrogen) atoms. The molecule has 3 aromatic rings. The van der Waals surface area contributed by atoms with Crippen molar-refractivity contribution in [2.75, 3.05) is 19.8 Å². The highest BCUT2D eigenvalue weighted by Gasteiger charge is 2.12. The van der Waals surface area contributed by atoms with Crippen LogP contribution in [0.4, 0.5) is 0 Å². The van der Waals surface area contributed by atoms with Gasteiger partial charge in [-0.3, -0.25) is 0 Å². The number of nitrogens with zero attached hydrogens (tertiary/aromatic N) is 2. The normalized spacial score (nSPS) is 13.2. The van der Waals surface area contributed by atoms with Crippen LogP contribution in [0.15, 0.2) is 42.7 Å². The van der Waals surface area contributed by atoms with Gasteiger partial charge in [-0.1, -0.05) is 65.3 Å². The summed E-state index contributed by atoms with van der Waals surface area (Å²) in [5.74, 6) is 2.21. The molecular weight excluding hydrogens is 472 g/mol. The average molecular weight is 523 g/mol. The summed E-state index contributed by atoms with van der Waals surface area (Å²) < 4.78 is 15.9. The molecule has 0 unspecified atom stereocenters. The summed E-state index contributed by atoms with van der Waals surface area (Å²) in [4.78, 5) is 8.27. The van der Waals surface area contributed by atoms with Crippen molar-refractivity contribution in [3.8, 4) is 17.5 Å². The molecule has 4 heterocycles. The predicted molar refractivity (Wildman–Crippen MR) is 160 cm³/mol. The van der Waals surface area contributed by atoms with Gasteiger partial charge in [-0.2, -0.15) is 0 Å². The molecule has 0 saturated carbocycles. The molecule has 0 N–H and O–H groups in total. The summed E-state index contributed by atoms with van der Waals surface area (Å²) in [6.45, 7) is 20.2. The van der Waals surface area contributed by atoms with E-state index < -0.39 is 0 Å². The molecule has 0 bridgehead atoms. The van der Waals surface area contributed by atoms with Gasteiger partial charge in [0.1, 0.15) is 13.2 Å². The Morgan fingerprint density at radius 3 is 1.82 bits per heavy atom. The van der Waals surface area contributed by atoms with Crippen molar-refractivity contribution in [3.63, 3.8) is 0 Å². The van der Waals surface area contributed by atoms with E-state index in [1.165, 1.54) is 36.0 Å². The quantitative estimate of drug-likeness (QED) is 0.296. The zero-order chi connectivity index (χ0) is 28.3. The van der Waals surface area contributed by atoms with Crippen LogP contribution in [-0.2, 0) is 19.3 Å². The van der Waals surface area contributed by atoms with Crippen LogP contribution in [0.2, 0.25) is 0 Å². The lowest BCUT2D eigenvalue weighted by molar-refractivity contribution is 0.164. The number of aryl methyl sites for hydroxylation is 6. The van der Waals surface area contributed by atoms with E-state index in [0.29, 0.717) is 19.1 Å². The van der Waals surface area contributed by atoms with E-state index in [4.69, 9.17) is 14.2 Å². The van der Waals surface area contributed by atoms with E-state index in [1.54, 1.807) is 17.3 Å². The average Bonchev–Trinajstić information content (AvgIpc) is 3.45. The van der Waals surface area contributed by atoms with Crippen LogP contribution < -0.4 is 14.2 Å². The van der Waals surface area contributed by atoms with Gasteiger partial charge in [0.15, 0.2) is 5.75 Å². The third kappa shape index (κ3) is 10.7.